The van der Waals surface area contributed by atoms with Crippen molar-refractivity contribution in [2.45, 2.75) is 104 Å². The van der Waals surface area contributed by atoms with Crippen LogP contribution in [0.15, 0.2) is 60.7 Å². The van der Waals surface area contributed by atoms with E-state index in [9.17, 15) is 0 Å². The van der Waals surface area contributed by atoms with Gasteiger partial charge in [0, 0.05) is 0 Å². The fraction of sp³-hybridized carbons (Fsp3) is 0.529. The van der Waals surface area contributed by atoms with E-state index in [-0.39, 0.29) is 0 Å². The standard InChI is InChI=1S/C34H46/c1-3-7-27-11-19-31(20-12-27)33-23-15-29(16-24-33)9-5-6-10-30-17-25-34(26-18-30)32-21-13-28(8-4-2)14-22-32/h15-19,21,23-28H,3-14,20,22H2,1-2H3. The molecule has 2 atom stereocenters. The molecule has 0 spiro atoms. The van der Waals surface area contributed by atoms with E-state index >= 15 is 0 Å². The summed E-state index contributed by atoms with van der Waals surface area (Å²) in [4.78, 5) is 0. The van der Waals surface area contributed by atoms with Crippen LogP contribution >= 0.6 is 0 Å². The summed E-state index contributed by atoms with van der Waals surface area (Å²) in [5, 5.41) is 0. The normalized spacial score (nSPS) is 20.6. The molecule has 2 aromatic rings. The zero-order chi connectivity index (χ0) is 23.6. The van der Waals surface area contributed by atoms with Crippen molar-refractivity contribution in [1.29, 1.82) is 0 Å². The largest absolute Gasteiger partial charge is 0.0804 e. The SMILES string of the molecule is CCCC1CC=C(c2ccc(CCCCc3ccc(C4=CCC(CCC)CC4)cc3)cc2)CC1. The Morgan fingerprint density at radius 1 is 0.588 bits per heavy atom. The van der Waals surface area contributed by atoms with Crippen LogP contribution in [0.1, 0.15) is 113 Å². The highest BCUT2D eigenvalue weighted by Gasteiger charge is 2.15. The highest BCUT2D eigenvalue weighted by Crippen LogP contribution is 2.33. The van der Waals surface area contributed by atoms with Crippen LogP contribution in [0.4, 0.5) is 0 Å². The van der Waals surface area contributed by atoms with E-state index in [2.05, 4.69) is 74.5 Å². The van der Waals surface area contributed by atoms with E-state index < -0.39 is 0 Å². The summed E-state index contributed by atoms with van der Waals surface area (Å²) in [7, 11) is 0. The number of allylic oxidation sites excluding steroid dienone is 4. The smallest absolute Gasteiger partial charge is 0.0228 e. The molecule has 2 aromatic carbocycles. The molecule has 0 bridgehead atoms. The Morgan fingerprint density at radius 3 is 1.32 bits per heavy atom. The molecular weight excluding hydrogens is 408 g/mol. The Kier molecular flexibility index (Phi) is 9.66. The third kappa shape index (κ3) is 7.21. The van der Waals surface area contributed by atoms with Crippen LogP contribution in [0.2, 0.25) is 0 Å². The van der Waals surface area contributed by atoms with Crippen LogP contribution in [0.3, 0.4) is 0 Å². The summed E-state index contributed by atoms with van der Waals surface area (Å²) >= 11 is 0. The molecule has 0 heteroatoms. The molecule has 0 saturated heterocycles. The van der Waals surface area contributed by atoms with Crippen LogP contribution in [0.5, 0.6) is 0 Å². The van der Waals surface area contributed by atoms with Crippen LogP contribution in [0.25, 0.3) is 11.1 Å². The van der Waals surface area contributed by atoms with Crippen LogP contribution in [-0.2, 0) is 12.8 Å². The zero-order valence-electron chi connectivity index (χ0n) is 21.8. The van der Waals surface area contributed by atoms with Crippen molar-refractivity contribution in [1.82, 2.24) is 0 Å². The number of unbranched alkanes of at least 4 members (excludes halogenated alkanes) is 1. The molecule has 0 aromatic heterocycles. The van der Waals surface area contributed by atoms with E-state index in [0.717, 1.165) is 11.8 Å². The summed E-state index contributed by atoms with van der Waals surface area (Å²) in [5.41, 5.74) is 9.04. The molecule has 0 aliphatic heterocycles. The van der Waals surface area contributed by atoms with Gasteiger partial charge in [-0.05, 0) is 109 Å². The Labute approximate surface area is 209 Å². The van der Waals surface area contributed by atoms with E-state index in [1.165, 1.54) is 112 Å². The van der Waals surface area contributed by atoms with Crippen LogP contribution < -0.4 is 0 Å². The van der Waals surface area contributed by atoms with Crippen molar-refractivity contribution in [2.75, 3.05) is 0 Å². The average molecular weight is 455 g/mol. The minimum Gasteiger partial charge on any atom is -0.0804 e. The monoisotopic (exact) mass is 454 g/mol. The van der Waals surface area contributed by atoms with Gasteiger partial charge in [-0.3, -0.25) is 0 Å². The van der Waals surface area contributed by atoms with E-state index in [0.29, 0.717) is 0 Å². The van der Waals surface area contributed by atoms with Crippen LogP contribution in [0, 0.1) is 11.8 Å². The van der Waals surface area contributed by atoms with Crippen molar-refractivity contribution in [3.63, 3.8) is 0 Å². The predicted octanol–water partition coefficient (Wildman–Crippen LogP) is 10.2. The number of benzene rings is 2. The first-order valence-corrected chi connectivity index (χ1v) is 14.3. The van der Waals surface area contributed by atoms with Gasteiger partial charge >= 0.3 is 0 Å². The third-order valence-electron chi connectivity index (χ3n) is 8.26. The van der Waals surface area contributed by atoms with Gasteiger partial charge in [-0.15, -0.1) is 0 Å². The maximum absolute atomic E-state index is 2.51. The number of aryl methyl sites for hydroxylation is 2. The summed E-state index contributed by atoms with van der Waals surface area (Å²) in [6, 6.07) is 18.9. The minimum absolute atomic E-state index is 0.923. The average Bonchev–Trinajstić information content (AvgIpc) is 2.89. The lowest BCUT2D eigenvalue weighted by molar-refractivity contribution is 0.445. The molecule has 182 valence electrons. The molecule has 0 heterocycles. The molecule has 34 heavy (non-hydrogen) atoms. The Hall–Kier alpha value is -2.08. The molecule has 2 aliphatic rings. The van der Waals surface area contributed by atoms with Gasteiger partial charge in [0.2, 0.25) is 0 Å². The molecule has 0 radical (unpaired) electrons. The molecule has 2 unspecified atom stereocenters. The highest BCUT2D eigenvalue weighted by atomic mass is 14.2. The van der Waals surface area contributed by atoms with Crippen molar-refractivity contribution in [2.24, 2.45) is 11.8 Å². The quantitative estimate of drug-likeness (QED) is 0.296. The Bertz CT molecular complexity index is 846. The van der Waals surface area contributed by atoms with Gasteiger partial charge in [-0.2, -0.15) is 0 Å². The summed E-state index contributed by atoms with van der Waals surface area (Å²) in [6.07, 6.45) is 23.2. The molecular formula is C34H46. The third-order valence-corrected chi connectivity index (χ3v) is 8.26. The molecule has 0 fully saturated rings. The second-order valence-electron chi connectivity index (χ2n) is 10.9. The first-order valence-electron chi connectivity index (χ1n) is 14.3. The van der Waals surface area contributed by atoms with E-state index in [1.54, 1.807) is 11.1 Å². The topological polar surface area (TPSA) is 0 Å². The predicted molar refractivity (Wildman–Crippen MR) is 150 cm³/mol. The highest BCUT2D eigenvalue weighted by molar-refractivity contribution is 5.67. The van der Waals surface area contributed by atoms with Crippen molar-refractivity contribution in [3.8, 4) is 0 Å². The van der Waals surface area contributed by atoms with Gasteiger partial charge in [-0.25, -0.2) is 0 Å². The molecule has 0 N–H and O–H groups in total. The zero-order valence-corrected chi connectivity index (χ0v) is 21.8. The molecule has 2 aliphatic carbocycles. The van der Waals surface area contributed by atoms with Gasteiger partial charge in [0.05, 0.1) is 0 Å². The van der Waals surface area contributed by atoms with Crippen molar-refractivity contribution in [3.05, 3.63) is 82.9 Å². The van der Waals surface area contributed by atoms with Gasteiger partial charge in [0.1, 0.15) is 0 Å². The lowest BCUT2D eigenvalue weighted by atomic mass is 9.84. The van der Waals surface area contributed by atoms with E-state index in [1.807, 2.05) is 0 Å². The number of hydrogen-bond acceptors (Lipinski definition) is 0. The number of hydrogen-bond donors (Lipinski definition) is 0. The Balaban J connectivity index is 1.18. The fourth-order valence-corrected chi connectivity index (χ4v) is 6.07. The van der Waals surface area contributed by atoms with Gasteiger partial charge < -0.3 is 0 Å². The second-order valence-corrected chi connectivity index (χ2v) is 10.9. The summed E-state index contributed by atoms with van der Waals surface area (Å²) < 4.78 is 0. The van der Waals surface area contributed by atoms with Crippen molar-refractivity contribution >= 4 is 11.1 Å². The van der Waals surface area contributed by atoms with Gasteiger partial charge in [0.15, 0.2) is 0 Å². The lowest BCUT2D eigenvalue weighted by Gasteiger charge is -2.21. The molecule has 0 amide bonds. The lowest BCUT2D eigenvalue weighted by Crippen LogP contribution is -2.05. The van der Waals surface area contributed by atoms with E-state index in [4.69, 9.17) is 0 Å². The van der Waals surface area contributed by atoms with Crippen LogP contribution in [-0.4, -0.2) is 0 Å². The van der Waals surface area contributed by atoms with Gasteiger partial charge in [-0.1, -0.05) is 100 Å². The first-order chi connectivity index (χ1) is 16.7. The first kappa shape index (κ1) is 25.0. The molecule has 0 nitrogen and oxygen atoms in total. The minimum atomic E-state index is 0.923. The molecule has 0 saturated carbocycles. The summed E-state index contributed by atoms with van der Waals surface area (Å²) in [6.45, 7) is 4.62. The Morgan fingerprint density at radius 2 is 1.00 bits per heavy atom. The maximum Gasteiger partial charge on any atom is -0.0228 e. The molecule has 4 rings (SSSR count). The van der Waals surface area contributed by atoms with Crippen molar-refractivity contribution < 1.29 is 0 Å². The van der Waals surface area contributed by atoms with Gasteiger partial charge in [0.25, 0.3) is 0 Å². The second kappa shape index (κ2) is 13.1. The maximum atomic E-state index is 2.51. The fourth-order valence-electron chi connectivity index (χ4n) is 6.07. The summed E-state index contributed by atoms with van der Waals surface area (Å²) in [5.74, 6) is 1.85. The number of rotatable bonds is 11.